The Kier molecular flexibility index (Phi) is 5.28. The molecule has 0 aliphatic carbocycles. The molecule has 90 valence electrons. The van der Waals surface area contributed by atoms with Crippen molar-refractivity contribution in [3.05, 3.63) is 16.3 Å². The van der Waals surface area contributed by atoms with Gasteiger partial charge in [-0.05, 0) is 18.4 Å². The first-order valence-electron chi connectivity index (χ1n) is 5.00. The van der Waals surface area contributed by atoms with Crippen LogP contribution in [-0.4, -0.2) is 32.9 Å². The van der Waals surface area contributed by atoms with Gasteiger partial charge in [0.2, 0.25) is 0 Å². The van der Waals surface area contributed by atoms with E-state index in [1.807, 2.05) is 6.92 Å². The summed E-state index contributed by atoms with van der Waals surface area (Å²) in [4.78, 5) is 12.1. The predicted molar refractivity (Wildman–Crippen MR) is 62.2 cm³/mol. The van der Waals surface area contributed by atoms with E-state index in [4.69, 9.17) is 14.2 Å². The minimum Gasteiger partial charge on any atom is -0.495 e. The van der Waals surface area contributed by atoms with Crippen LogP contribution in [0.5, 0.6) is 5.75 Å². The Balaban J connectivity index is 2.41. The van der Waals surface area contributed by atoms with Gasteiger partial charge in [-0.2, -0.15) is 0 Å². The second-order valence-electron chi connectivity index (χ2n) is 3.29. The molecule has 0 spiro atoms. The first-order chi connectivity index (χ1) is 7.69. The van der Waals surface area contributed by atoms with Gasteiger partial charge in [0.25, 0.3) is 0 Å². The highest BCUT2D eigenvalue weighted by molar-refractivity contribution is 7.12. The average Bonchev–Trinajstić information content (AvgIpc) is 2.76. The Hall–Kier alpha value is -1.07. The standard InChI is InChI=1S/C11H16O4S/c1-8(13-2)4-6-15-11(12)10-9(14-3)5-7-16-10/h5,7-8H,4,6H2,1-3H3. The Bertz CT molecular complexity index is 334. The third-order valence-corrected chi connectivity index (χ3v) is 3.07. The van der Waals surface area contributed by atoms with E-state index in [0.717, 1.165) is 0 Å². The van der Waals surface area contributed by atoms with Gasteiger partial charge in [-0.3, -0.25) is 0 Å². The van der Waals surface area contributed by atoms with Crippen molar-refractivity contribution in [3.8, 4) is 5.75 Å². The highest BCUT2D eigenvalue weighted by atomic mass is 32.1. The number of carbonyl (C=O) groups is 1. The van der Waals surface area contributed by atoms with Gasteiger partial charge in [0.15, 0.2) is 4.88 Å². The van der Waals surface area contributed by atoms with Crippen LogP contribution < -0.4 is 4.74 Å². The summed E-state index contributed by atoms with van der Waals surface area (Å²) >= 11 is 1.32. The van der Waals surface area contributed by atoms with E-state index in [2.05, 4.69) is 0 Å². The SMILES string of the molecule is COc1ccsc1C(=O)OCCC(C)OC. The molecule has 1 rings (SSSR count). The molecule has 0 bridgehead atoms. The van der Waals surface area contributed by atoms with Crippen LogP contribution in [0.1, 0.15) is 23.0 Å². The summed E-state index contributed by atoms with van der Waals surface area (Å²) in [6.07, 6.45) is 0.786. The van der Waals surface area contributed by atoms with Crippen molar-refractivity contribution in [1.29, 1.82) is 0 Å². The van der Waals surface area contributed by atoms with Gasteiger partial charge >= 0.3 is 5.97 Å². The average molecular weight is 244 g/mol. The molecular formula is C11H16O4S. The van der Waals surface area contributed by atoms with Crippen LogP contribution in [0.3, 0.4) is 0 Å². The second kappa shape index (κ2) is 6.50. The molecule has 4 nitrogen and oxygen atoms in total. The number of thiophene rings is 1. The monoisotopic (exact) mass is 244 g/mol. The summed E-state index contributed by atoms with van der Waals surface area (Å²) in [5, 5.41) is 1.80. The zero-order chi connectivity index (χ0) is 12.0. The number of hydrogen-bond acceptors (Lipinski definition) is 5. The van der Waals surface area contributed by atoms with Crippen molar-refractivity contribution in [1.82, 2.24) is 0 Å². The smallest absolute Gasteiger partial charge is 0.352 e. The molecule has 1 unspecified atom stereocenters. The van der Waals surface area contributed by atoms with Gasteiger partial charge < -0.3 is 14.2 Å². The number of hydrogen-bond donors (Lipinski definition) is 0. The van der Waals surface area contributed by atoms with Crippen LogP contribution in [0.4, 0.5) is 0 Å². The molecule has 0 radical (unpaired) electrons. The molecule has 0 aliphatic rings. The number of rotatable bonds is 6. The molecule has 0 amide bonds. The van der Waals surface area contributed by atoms with Crippen molar-refractivity contribution in [2.24, 2.45) is 0 Å². The molecule has 1 atom stereocenters. The Morgan fingerprint density at radius 3 is 2.88 bits per heavy atom. The van der Waals surface area contributed by atoms with Crippen molar-refractivity contribution < 1.29 is 19.0 Å². The normalized spacial score (nSPS) is 12.2. The highest BCUT2D eigenvalue weighted by Crippen LogP contribution is 2.25. The van der Waals surface area contributed by atoms with Gasteiger partial charge in [-0.25, -0.2) is 4.79 Å². The lowest BCUT2D eigenvalue weighted by molar-refractivity contribution is 0.0393. The molecule has 16 heavy (non-hydrogen) atoms. The van der Waals surface area contributed by atoms with Crippen molar-refractivity contribution >= 4 is 17.3 Å². The lowest BCUT2D eigenvalue weighted by atomic mass is 10.3. The number of esters is 1. The topological polar surface area (TPSA) is 44.8 Å². The summed E-state index contributed by atoms with van der Waals surface area (Å²) in [7, 11) is 3.17. The van der Waals surface area contributed by atoms with Gasteiger partial charge in [-0.15, -0.1) is 11.3 Å². The van der Waals surface area contributed by atoms with Crippen LogP contribution in [0.15, 0.2) is 11.4 Å². The van der Waals surface area contributed by atoms with E-state index in [1.165, 1.54) is 18.4 Å². The molecule has 1 aromatic heterocycles. The molecule has 1 aromatic rings. The van der Waals surface area contributed by atoms with E-state index in [1.54, 1.807) is 18.6 Å². The fourth-order valence-corrected chi connectivity index (χ4v) is 1.86. The number of methoxy groups -OCH3 is 2. The zero-order valence-electron chi connectivity index (χ0n) is 9.69. The molecule has 0 aliphatic heterocycles. The van der Waals surface area contributed by atoms with Gasteiger partial charge in [-0.1, -0.05) is 0 Å². The first-order valence-corrected chi connectivity index (χ1v) is 5.88. The Morgan fingerprint density at radius 1 is 1.50 bits per heavy atom. The number of carbonyl (C=O) groups excluding carboxylic acids is 1. The van der Waals surface area contributed by atoms with E-state index in [-0.39, 0.29) is 12.1 Å². The van der Waals surface area contributed by atoms with Crippen LogP contribution >= 0.6 is 11.3 Å². The predicted octanol–water partition coefficient (Wildman–Crippen LogP) is 2.34. The maximum absolute atomic E-state index is 11.6. The maximum Gasteiger partial charge on any atom is 0.352 e. The summed E-state index contributed by atoms with van der Waals surface area (Å²) in [6, 6.07) is 1.75. The van der Waals surface area contributed by atoms with E-state index in [9.17, 15) is 4.79 Å². The lowest BCUT2D eigenvalue weighted by Crippen LogP contribution is -2.12. The van der Waals surface area contributed by atoms with Crippen molar-refractivity contribution in [2.45, 2.75) is 19.4 Å². The lowest BCUT2D eigenvalue weighted by Gasteiger charge is -2.09. The summed E-state index contributed by atoms with van der Waals surface area (Å²) in [5.74, 6) is 0.227. The molecule has 0 fully saturated rings. The fourth-order valence-electron chi connectivity index (χ4n) is 1.11. The van der Waals surface area contributed by atoms with E-state index in [0.29, 0.717) is 23.7 Å². The Labute approximate surface area is 99.1 Å². The second-order valence-corrected chi connectivity index (χ2v) is 4.21. The molecule has 0 aromatic carbocycles. The molecule has 0 saturated heterocycles. The van der Waals surface area contributed by atoms with Gasteiger partial charge in [0, 0.05) is 13.5 Å². The zero-order valence-corrected chi connectivity index (χ0v) is 10.5. The van der Waals surface area contributed by atoms with Crippen molar-refractivity contribution in [3.63, 3.8) is 0 Å². The third-order valence-electron chi connectivity index (χ3n) is 2.19. The van der Waals surface area contributed by atoms with E-state index < -0.39 is 0 Å². The molecule has 0 saturated carbocycles. The van der Waals surface area contributed by atoms with Crippen LogP contribution in [0.25, 0.3) is 0 Å². The summed E-state index contributed by atoms with van der Waals surface area (Å²) in [6.45, 7) is 2.29. The van der Waals surface area contributed by atoms with E-state index >= 15 is 0 Å². The summed E-state index contributed by atoms with van der Waals surface area (Å²) in [5.41, 5.74) is 0. The minimum atomic E-state index is -0.338. The highest BCUT2D eigenvalue weighted by Gasteiger charge is 2.15. The van der Waals surface area contributed by atoms with Crippen molar-refractivity contribution in [2.75, 3.05) is 20.8 Å². The third kappa shape index (κ3) is 3.50. The van der Waals surface area contributed by atoms with Gasteiger partial charge in [0.1, 0.15) is 5.75 Å². The van der Waals surface area contributed by atoms with Crippen LogP contribution in [-0.2, 0) is 9.47 Å². The maximum atomic E-state index is 11.6. The molecule has 1 heterocycles. The fraction of sp³-hybridized carbons (Fsp3) is 0.545. The quantitative estimate of drug-likeness (QED) is 0.720. The summed E-state index contributed by atoms with van der Waals surface area (Å²) < 4.78 is 15.2. The largest absolute Gasteiger partial charge is 0.495 e. The molecule has 0 N–H and O–H groups in total. The Morgan fingerprint density at radius 2 is 2.25 bits per heavy atom. The first kappa shape index (κ1) is 13.0. The van der Waals surface area contributed by atoms with Crippen LogP contribution in [0, 0.1) is 0 Å². The molecular weight excluding hydrogens is 228 g/mol. The van der Waals surface area contributed by atoms with Crippen LogP contribution in [0.2, 0.25) is 0 Å². The molecule has 5 heteroatoms. The minimum absolute atomic E-state index is 0.0954. The number of ether oxygens (including phenoxy) is 3. The van der Waals surface area contributed by atoms with Gasteiger partial charge in [0.05, 0.1) is 19.8 Å².